The molecule has 114 valence electrons. The molecule has 0 aliphatic carbocycles. The fourth-order valence-corrected chi connectivity index (χ4v) is 5.72. The topological polar surface area (TPSA) is 51.4 Å². The van der Waals surface area contributed by atoms with Crippen molar-refractivity contribution in [3.63, 3.8) is 0 Å². The Kier molecular flexibility index (Phi) is 4.28. The molecule has 0 saturated heterocycles. The lowest BCUT2D eigenvalue weighted by Crippen LogP contribution is -2.13. The van der Waals surface area contributed by atoms with E-state index >= 15 is 0 Å². The molecule has 0 unspecified atom stereocenters. The molecule has 22 heavy (non-hydrogen) atoms. The van der Waals surface area contributed by atoms with Crippen LogP contribution in [0, 0.1) is 0 Å². The Morgan fingerprint density at radius 1 is 1.14 bits per heavy atom. The molecule has 3 aromatic rings. The predicted octanol–water partition coefficient (Wildman–Crippen LogP) is 4.05. The van der Waals surface area contributed by atoms with Crippen LogP contribution in [0.5, 0.6) is 0 Å². The minimum absolute atomic E-state index is 0.138. The van der Waals surface area contributed by atoms with Crippen molar-refractivity contribution in [2.75, 3.05) is 0 Å². The van der Waals surface area contributed by atoms with Gasteiger partial charge in [0, 0.05) is 16.0 Å². The van der Waals surface area contributed by atoms with E-state index in [0.717, 1.165) is 10.2 Å². The first-order valence-electron chi connectivity index (χ1n) is 6.19. The van der Waals surface area contributed by atoms with Crippen molar-refractivity contribution in [1.29, 1.82) is 0 Å². The van der Waals surface area contributed by atoms with Crippen molar-refractivity contribution in [2.45, 2.75) is 4.90 Å². The van der Waals surface area contributed by atoms with E-state index in [9.17, 15) is 8.42 Å². The van der Waals surface area contributed by atoms with E-state index < -0.39 is 10.0 Å². The molecule has 8 heteroatoms. The molecule has 0 bridgehead atoms. The lowest BCUT2D eigenvalue weighted by Gasteiger charge is -2.02. The third kappa shape index (κ3) is 2.92. The van der Waals surface area contributed by atoms with Crippen molar-refractivity contribution in [2.24, 2.45) is 11.4 Å². The van der Waals surface area contributed by atoms with E-state index in [4.69, 9.17) is 0 Å². The van der Waals surface area contributed by atoms with Crippen LogP contribution in [-0.2, 0) is 17.1 Å². The summed E-state index contributed by atoms with van der Waals surface area (Å²) in [5.41, 5.74) is 0.953. The number of benzene rings is 2. The second-order valence-electron chi connectivity index (χ2n) is 4.55. The first-order valence-corrected chi connectivity index (χ1v) is 10.0. The van der Waals surface area contributed by atoms with Gasteiger partial charge in [-0.25, -0.2) is 0 Å². The number of aromatic nitrogens is 1. The SMILES string of the molecule is Cn1/c(=N/S(=O)(=O)c2cc(Br)ccc2Br)sc2ccccc21. The van der Waals surface area contributed by atoms with Gasteiger partial charge < -0.3 is 4.57 Å². The number of thiazole rings is 1. The zero-order valence-corrected chi connectivity index (χ0v) is 16.1. The minimum Gasteiger partial charge on any atom is -0.319 e. The van der Waals surface area contributed by atoms with E-state index in [1.807, 2.05) is 31.3 Å². The predicted molar refractivity (Wildman–Crippen MR) is 95.4 cm³/mol. The standard InChI is InChI=1S/C14H10Br2N2O2S2/c1-18-11-4-2-3-5-12(11)21-14(18)17-22(19,20)13-8-9(15)6-7-10(13)16/h2-8H,1H3/b17-14-. The molecule has 4 nitrogen and oxygen atoms in total. The molecule has 0 spiro atoms. The largest absolute Gasteiger partial charge is 0.319 e. The summed E-state index contributed by atoms with van der Waals surface area (Å²) in [4.78, 5) is 0.576. The van der Waals surface area contributed by atoms with Crippen molar-refractivity contribution >= 4 is 63.4 Å². The van der Waals surface area contributed by atoms with Crippen LogP contribution in [-0.4, -0.2) is 13.0 Å². The number of aryl methyl sites for hydroxylation is 1. The van der Waals surface area contributed by atoms with E-state index in [1.54, 1.807) is 16.7 Å². The highest BCUT2D eigenvalue weighted by Crippen LogP contribution is 2.27. The number of para-hydroxylation sites is 1. The maximum Gasteiger partial charge on any atom is 0.286 e. The monoisotopic (exact) mass is 460 g/mol. The summed E-state index contributed by atoms with van der Waals surface area (Å²) in [5, 5.41) is 0. The zero-order chi connectivity index (χ0) is 15.9. The number of rotatable bonds is 2. The van der Waals surface area contributed by atoms with Crippen molar-refractivity contribution in [1.82, 2.24) is 4.57 Å². The minimum atomic E-state index is -3.80. The normalized spacial score (nSPS) is 13.0. The zero-order valence-electron chi connectivity index (χ0n) is 11.3. The van der Waals surface area contributed by atoms with Crippen LogP contribution in [0.4, 0.5) is 0 Å². The van der Waals surface area contributed by atoms with E-state index in [-0.39, 0.29) is 4.90 Å². The summed E-state index contributed by atoms with van der Waals surface area (Å²) < 4.78 is 33.1. The maximum atomic E-state index is 12.6. The van der Waals surface area contributed by atoms with Gasteiger partial charge in [0.25, 0.3) is 10.0 Å². The van der Waals surface area contributed by atoms with Crippen LogP contribution in [0.1, 0.15) is 0 Å². The highest BCUT2D eigenvalue weighted by molar-refractivity contribution is 9.11. The van der Waals surface area contributed by atoms with Gasteiger partial charge in [-0.05, 0) is 46.3 Å². The molecule has 0 aliphatic rings. The third-order valence-corrected chi connectivity index (χ3v) is 7.07. The van der Waals surface area contributed by atoms with Crippen LogP contribution < -0.4 is 4.80 Å². The van der Waals surface area contributed by atoms with Gasteiger partial charge in [0.05, 0.1) is 10.2 Å². The van der Waals surface area contributed by atoms with E-state index in [1.165, 1.54) is 17.4 Å². The van der Waals surface area contributed by atoms with Gasteiger partial charge in [0.15, 0.2) is 0 Å². The van der Waals surface area contributed by atoms with Crippen LogP contribution in [0.15, 0.2) is 60.7 Å². The molecule has 2 aromatic carbocycles. The van der Waals surface area contributed by atoms with Crippen LogP contribution in [0.2, 0.25) is 0 Å². The van der Waals surface area contributed by atoms with Gasteiger partial charge in [0.2, 0.25) is 4.80 Å². The Hall–Kier alpha value is -0.960. The van der Waals surface area contributed by atoms with Gasteiger partial charge >= 0.3 is 0 Å². The summed E-state index contributed by atoms with van der Waals surface area (Å²) in [5.74, 6) is 0. The Labute approximate surface area is 148 Å². The molecular weight excluding hydrogens is 452 g/mol. The van der Waals surface area contributed by atoms with Crippen molar-refractivity contribution in [3.8, 4) is 0 Å². The molecule has 1 aromatic heterocycles. The highest BCUT2D eigenvalue weighted by Gasteiger charge is 2.18. The van der Waals surface area contributed by atoms with Crippen LogP contribution in [0.3, 0.4) is 0 Å². The number of halogens is 2. The molecule has 0 saturated carbocycles. The average molecular weight is 462 g/mol. The number of fused-ring (bicyclic) bond motifs is 1. The fourth-order valence-electron chi connectivity index (χ4n) is 2.00. The Morgan fingerprint density at radius 2 is 1.86 bits per heavy atom. The Balaban J connectivity index is 2.25. The molecular formula is C14H10Br2N2O2S2. The van der Waals surface area contributed by atoms with E-state index in [2.05, 4.69) is 36.3 Å². The average Bonchev–Trinajstić information content (AvgIpc) is 2.78. The van der Waals surface area contributed by atoms with Crippen LogP contribution >= 0.6 is 43.2 Å². The molecule has 0 aliphatic heterocycles. The van der Waals surface area contributed by atoms with Gasteiger partial charge in [-0.15, -0.1) is 4.40 Å². The quantitative estimate of drug-likeness (QED) is 0.577. The van der Waals surface area contributed by atoms with Gasteiger partial charge in [-0.3, -0.25) is 0 Å². The van der Waals surface area contributed by atoms with Crippen molar-refractivity contribution < 1.29 is 8.42 Å². The maximum absolute atomic E-state index is 12.6. The van der Waals surface area contributed by atoms with Gasteiger partial charge in [-0.1, -0.05) is 39.4 Å². The fraction of sp³-hybridized carbons (Fsp3) is 0.0714. The second kappa shape index (κ2) is 5.92. The first kappa shape index (κ1) is 15.9. The number of hydrogen-bond donors (Lipinski definition) is 0. The molecule has 0 radical (unpaired) electrons. The summed E-state index contributed by atoms with van der Waals surface area (Å²) >= 11 is 7.90. The number of sulfonamides is 1. The second-order valence-corrected chi connectivity index (χ2v) is 8.90. The van der Waals surface area contributed by atoms with E-state index in [0.29, 0.717) is 13.7 Å². The summed E-state index contributed by atoms with van der Waals surface area (Å²) in [6, 6.07) is 12.7. The molecule has 0 atom stereocenters. The van der Waals surface area contributed by atoms with Gasteiger partial charge in [-0.2, -0.15) is 8.42 Å². The summed E-state index contributed by atoms with van der Waals surface area (Å²) in [7, 11) is -1.99. The molecule has 0 fully saturated rings. The summed E-state index contributed by atoms with van der Waals surface area (Å²) in [6.07, 6.45) is 0. The lowest BCUT2D eigenvalue weighted by atomic mass is 10.3. The molecule has 0 amide bonds. The summed E-state index contributed by atoms with van der Waals surface area (Å²) in [6.45, 7) is 0. The number of nitrogens with zero attached hydrogens (tertiary/aromatic N) is 2. The first-order chi connectivity index (χ1) is 10.4. The third-order valence-electron chi connectivity index (χ3n) is 3.08. The Bertz CT molecular complexity index is 1040. The molecule has 1 heterocycles. The Morgan fingerprint density at radius 3 is 2.59 bits per heavy atom. The smallest absolute Gasteiger partial charge is 0.286 e. The van der Waals surface area contributed by atoms with Crippen molar-refractivity contribution in [3.05, 3.63) is 56.2 Å². The van der Waals surface area contributed by atoms with Gasteiger partial charge in [0.1, 0.15) is 4.90 Å². The highest BCUT2D eigenvalue weighted by atomic mass is 79.9. The lowest BCUT2D eigenvalue weighted by molar-refractivity contribution is 0.595. The van der Waals surface area contributed by atoms with Crippen LogP contribution in [0.25, 0.3) is 10.2 Å². The molecule has 3 rings (SSSR count). The number of hydrogen-bond acceptors (Lipinski definition) is 3. The molecule has 0 N–H and O–H groups in total.